The van der Waals surface area contributed by atoms with Crippen LogP contribution in [-0.2, 0) is 6.54 Å². The molecule has 3 aromatic rings. The molecule has 1 N–H and O–H groups in total. The van der Waals surface area contributed by atoms with Crippen LogP contribution in [0, 0.1) is 5.82 Å². The molecule has 1 heterocycles. The minimum Gasteiger partial charge on any atom is -0.379 e. The Hall–Kier alpha value is -2.01. The molecule has 0 aliphatic carbocycles. The highest BCUT2D eigenvalue weighted by Gasteiger charge is 2.02. The van der Waals surface area contributed by atoms with Crippen molar-refractivity contribution in [3.8, 4) is 0 Å². The lowest BCUT2D eigenvalue weighted by molar-refractivity contribution is 0.621. The van der Waals surface area contributed by atoms with Crippen LogP contribution in [0.25, 0.3) is 11.0 Å². The minimum atomic E-state index is -0.277. The molecule has 0 bridgehead atoms. The van der Waals surface area contributed by atoms with Gasteiger partial charge in [-0.2, -0.15) is 0 Å². The average molecular weight is 332 g/mol. The standard InChI is InChI=1S/C15H11BrFN3/c16-12-7-10(5-6-13(12)17)18-8-11-9-19-14-3-1-2-4-15(14)20-11/h1-7,9,18H,8H2. The molecule has 20 heavy (non-hydrogen) atoms. The Labute approximate surface area is 124 Å². The zero-order valence-corrected chi connectivity index (χ0v) is 12.1. The lowest BCUT2D eigenvalue weighted by Gasteiger charge is -2.07. The van der Waals surface area contributed by atoms with Crippen molar-refractivity contribution in [3.05, 3.63) is 64.6 Å². The molecule has 3 rings (SSSR count). The summed E-state index contributed by atoms with van der Waals surface area (Å²) in [5.41, 5.74) is 3.41. The van der Waals surface area contributed by atoms with Gasteiger partial charge in [0.15, 0.2) is 0 Å². The van der Waals surface area contributed by atoms with Crippen molar-refractivity contribution >= 4 is 32.7 Å². The van der Waals surface area contributed by atoms with Gasteiger partial charge in [-0.25, -0.2) is 9.37 Å². The van der Waals surface area contributed by atoms with Crippen LogP contribution < -0.4 is 5.32 Å². The van der Waals surface area contributed by atoms with Crippen molar-refractivity contribution < 1.29 is 4.39 Å². The normalized spacial score (nSPS) is 10.7. The van der Waals surface area contributed by atoms with Gasteiger partial charge in [0.2, 0.25) is 0 Å². The first kappa shape index (κ1) is 13.0. The Bertz CT molecular complexity index is 761. The Morgan fingerprint density at radius 3 is 2.70 bits per heavy atom. The van der Waals surface area contributed by atoms with Crippen LogP contribution in [0.4, 0.5) is 10.1 Å². The van der Waals surface area contributed by atoms with Gasteiger partial charge in [-0.15, -0.1) is 0 Å². The van der Waals surface area contributed by atoms with E-state index < -0.39 is 0 Å². The van der Waals surface area contributed by atoms with Gasteiger partial charge in [0.1, 0.15) is 5.82 Å². The second-order valence-electron chi connectivity index (χ2n) is 4.33. The maximum absolute atomic E-state index is 13.1. The summed E-state index contributed by atoms with van der Waals surface area (Å²) in [6.45, 7) is 0.538. The van der Waals surface area contributed by atoms with Crippen LogP contribution in [0.15, 0.2) is 53.1 Å². The topological polar surface area (TPSA) is 37.8 Å². The van der Waals surface area contributed by atoms with Gasteiger partial charge in [0, 0.05) is 5.69 Å². The number of rotatable bonds is 3. The molecule has 0 radical (unpaired) electrons. The summed E-state index contributed by atoms with van der Waals surface area (Å²) in [6.07, 6.45) is 1.74. The third-order valence-corrected chi connectivity index (χ3v) is 3.50. The summed E-state index contributed by atoms with van der Waals surface area (Å²) in [7, 11) is 0. The van der Waals surface area contributed by atoms with Crippen molar-refractivity contribution in [1.82, 2.24) is 9.97 Å². The van der Waals surface area contributed by atoms with Gasteiger partial charge in [0.05, 0.1) is 33.9 Å². The molecule has 5 heteroatoms. The lowest BCUT2D eigenvalue weighted by Crippen LogP contribution is -2.02. The van der Waals surface area contributed by atoms with Crippen LogP contribution in [-0.4, -0.2) is 9.97 Å². The first-order chi connectivity index (χ1) is 9.72. The van der Waals surface area contributed by atoms with Gasteiger partial charge < -0.3 is 5.32 Å². The number of hydrogen-bond donors (Lipinski definition) is 1. The molecule has 0 fully saturated rings. The van der Waals surface area contributed by atoms with E-state index in [9.17, 15) is 4.39 Å². The van der Waals surface area contributed by atoms with Gasteiger partial charge in [-0.3, -0.25) is 4.98 Å². The average Bonchev–Trinajstić information content (AvgIpc) is 2.48. The predicted molar refractivity (Wildman–Crippen MR) is 81.0 cm³/mol. The molecule has 0 saturated carbocycles. The monoisotopic (exact) mass is 331 g/mol. The maximum atomic E-state index is 13.1. The van der Waals surface area contributed by atoms with Gasteiger partial charge >= 0.3 is 0 Å². The number of hydrogen-bond acceptors (Lipinski definition) is 3. The smallest absolute Gasteiger partial charge is 0.137 e. The fourth-order valence-electron chi connectivity index (χ4n) is 1.88. The first-order valence-electron chi connectivity index (χ1n) is 6.12. The third kappa shape index (κ3) is 2.77. The Morgan fingerprint density at radius 1 is 1.10 bits per heavy atom. The molecule has 1 aromatic heterocycles. The molecule has 3 nitrogen and oxygen atoms in total. The fourth-order valence-corrected chi connectivity index (χ4v) is 2.26. The highest BCUT2D eigenvalue weighted by molar-refractivity contribution is 9.10. The molecule has 100 valence electrons. The van der Waals surface area contributed by atoms with E-state index in [0.29, 0.717) is 11.0 Å². The molecule has 0 amide bonds. The minimum absolute atomic E-state index is 0.277. The van der Waals surface area contributed by atoms with Crippen molar-refractivity contribution in [1.29, 1.82) is 0 Å². The molecule has 0 aliphatic rings. The zero-order chi connectivity index (χ0) is 13.9. The number of anilines is 1. The fraction of sp³-hybridized carbons (Fsp3) is 0.0667. The highest BCUT2D eigenvalue weighted by atomic mass is 79.9. The summed E-state index contributed by atoms with van der Waals surface area (Å²) >= 11 is 3.16. The van der Waals surface area contributed by atoms with E-state index >= 15 is 0 Å². The van der Waals surface area contributed by atoms with E-state index in [2.05, 4.69) is 31.2 Å². The van der Waals surface area contributed by atoms with Gasteiger partial charge in [-0.05, 0) is 46.3 Å². The summed E-state index contributed by atoms with van der Waals surface area (Å²) in [5.74, 6) is -0.277. The van der Waals surface area contributed by atoms with E-state index in [0.717, 1.165) is 22.4 Å². The maximum Gasteiger partial charge on any atom is 0.137 e. The van der Waals surface area contributed by atoms with Crippen molar-refractivity contribution in [2.24, 2.45) is 0 Å². The van der Waals surface area contributed by atoms with E-state index in [1.165, 1.54) is 6.07 Å². The molecule has 0 spiro atoms. The lowest BCUT2D eigenvalue weighted by atomic mass is 10.3. The van der Waals surface area contributed by atoms with E-state index in [-0.39, 0.29) is 5.82 Å². The zero-order valence-electron chi connectivity index (χ0n) is 10.5. The van der Waals surface area contributed by atoms with Crippen molar-refractivity contribution in [2.45, 2.75) is 6.54 Å². The number of halogens is 2. The Balaban J connectivity index is 1.77. The Kier molecular flexibility index (Phi) is 3.60. The van der Waals surface area contributed by atoms with Gasteiger partial charge in [-0.1, -0.05) is 12.1 Å². The molecule has 0 atom stereocenters. The summed E-state index contributed by atoms with van der Waals surface area (Å²) in [5, 5.41) is 3.19. The number of benzene rings is 2. The summed E-state index contributed by atoms with van der Waals surface area (Å²) in [4.78, 5) is 8.87. The number of nitrogens with one attached hydrogen (secondary N) is 1. The molecule has 0 saturated heterocycles. The van der Waals surface area contributed by atoms with Gasteiger partial charge in [0.25, 0.3) is 0 Å². The number of para-hydroxylation sites is 2. The van der Waals surface area contributed by atoms with Crippen molar-refractivity contribution in [2.75, 3.05) is 5.32 Å². The molecule has 0 unspecified atom stereocenters. The second-order valence-corrected chi connectivity index (χ2v) is 5.19. The van der Waals surface area contributed by atoms with Crippen LogP contribution in [0.3, 0.4) is 0 Å². The van der Waals surface area contributed by atoms with Crippen molar-refractivity contribution in [3.63, 3.8) is 0 Å². The van der Waals surface area contributed by atoms with E-state index in [4.69, 9.17) is 0 Å². The van der Waals surface area contributed by atoms with E-state index in [1.54, 1.807) is 18.3 Å². The van der Waals surface area contributed by atoms with E-state index in [1.807, 2.05) is 24.3 Å². The largest absolute Gasteiger partial charge is 0.379 e. The SMILES string of the molecule is Fc1ccc(NCc2cnc3ccccc3n2)cc1Br. The van der Waals surface area contributed by atoms with Crippen LogP contribution in [0.2, 0.25) is 0 Å². The second kappa shape index (κ2) is 5.54. The Morgan fingerprint density at radius 2 is 1.90 bits per heavy atom. The number of nitrogens with zero attached hydrogens (tertiary/aromatic N) is 2. The highest BCUT2D eigenvalue weighted by Crippen LogP contribution is 2.20. The molecule has 2 aromatic carbocycles. The van der Waals surface area contributed by atoms with Crippen LogP contribution in [0.5, 0.6) is 0 Å². The first-order valence-corrected chi connectivity index (χ1v) is 6.91. The summed E-state index contributed by atoms with van der Waals surface area (Å²) in [6, 6.07) is 12.5. The summed E-state index contributed by atoms with van der Waals surface area (Å²) < 4.78 is 13.6. The number of fused-ring (bicyclic) bond motifs is 1. The third-order valence-electron chi connectivity index (χ3n) is 2.89. The number of aromatic nitrogens is 2. The molecule has 0 aliphatic heterocycles. The molecular weight excluding hydrogens is 321 g/mol. The van der Waals surface area contributed by atoms with Crippen LogP contribution in [0.1, 0.15) is 5.69 Å². The quantitative estimate of drug-likeness (QED) is 0.783. The van der Waals surface area contributed by atoms with Crippen LogP contribution >= 0.6 is 15.9 Å². The predicted octanol–water partition coefficient (Wildman–Crippen LogP) is 4.14. The molecular formula is C15H11BrFN3.